The largest absolute Gasteiger partial charge is 0.457 e. The van der Waals surface area contributed by atoms with Gasteiger partial charge in [0.1, 0.15) is 23.1 Å². The lowest BCUT2D eigenvalue weighted by Crippen LogP contribution is -2.07. The van der Waals surface area contributed by atoms with Crippen LogP contribution in [0.5, 0.6) is 11.5 Å². The van der Waals surface area contributed by atoms with Gasteiger partial charge in [0.25, 0.3) is 0 Å². The molecular formula is C23H16F2N2O3. The molecule has 0 N–H and O–H groups in total. The molecule has 0 atom stereocenters. The third-order valence-electron chi connectivity index (χ3n) is 4.35. The molecule has 0 amide bonds. The van der Waals surface area contributed by atoms with E-state index in [1.807, 2.05) is 30.3 Å². The molecule has 1 heterocycles. The normalized spacial score (nSPS) is 10.7. The lowest BCUT2D eigenvalue weighted by Gasteiger charge is -2.05. The van der Waals surface area contributed by atoms with Crippen molar-refractivity contribution < 1.29 is 22.8 Å². The van der Waals surface area contributed by atoms with Crippen LogP contribution in [-0.2, 0) is 6.42 Å². The molecule has 7 heteroatoms. The summed E-state index contributed by atoms with van der Waals surface area (Å²) in [7, 11) is 0. The Morgan fingerprint density at radius 1 is 0.900 bits per heavy atom. The SMILES string of the molecule is O=C(CCc1nc(-c2cccc(Oc3ccccc3)c2)no1)c1c(F)cccc1F. The minimum absolute atomic E-state index is 0.0693. The van der Waals surface area contributed by atoms with Gasteiger partial charge in [0.15, 0.2) is 5.78 Å². The Balaban J connectivity index is 1.44. The van der Waals surface area contributed by atoms with Gasteiger partial charge < -0.3 is 9.26 Å². The summed E-state index contributed by atoms with van der Waals surface area (Å²) in [5.74, 6) is -0.610. The van der Waals surface area contributed by atoms with E-state index in [1.165, 1.54) is 6.07 Å². The van der Waals surface area contributed by atoms with E-state index in [1.54, 1.807) is 24.3 Å². The van der Waals surface area contributed by atoms with Gasteiger partial charge in [-0.15, -0.1) is 0 Å². The predicted molar refractivity (Wildman–Crippen MR) is 105 cm³/mol. The summed E-state index contributed by atoms with van der Waals surface area (Å²) in [6.45, 7) is 0. The summed E-state index contributed by atoms with van der Waals surface area (Å²) in [5, 5.41) is 3.92. The third kappa shape index (κ3) is 4.41. The number of benzene rings is 3. The maximum Gasteiger partial charge on any atom is 0.227 e. The van der Waals surface area contributed by atoms with Crippen molar-refractivity contribution in [3.63, 3.8) is 0 Å². The van der Waals surface area contributed by atoms with Crippen LogP contribution in [0.2, 0.25) is 0 Å². The number of hydrogen-bond acceptors (Lipinski definition) is 5. The van der Waals surface area contributed by atoms with Crippen molar-refractivity contribution >= 4 is 5.78 Å². The van der Waals surface area contributed by atoms with Gasteiger partial charge in [-0.25, -0.2) is 8.78 Å². The van der Waals surface area contributed by atoms with Crippen LogP contribution in [0.15, 0.2) is 77.3 Å². The van der Waals surface area contributed by atoms with Crippen LogP contribution in [-0.4, -0.2) is 15.9 Å². The fraction of sp³-hybridized carbons (Fsp3) is 0.0870. The number of carbonyl (C=O) groups excluding carboxylic acids is 1. The average molecular weight is 406 g/mol. The van der Waals surface area contributed by atoms with Crippen LogP contribution in [0, 0.1) is 11.6 Å². The van der Waals surface area contributed by atoms with E-state index >= 15 is 0 Å². The summed E-state index contributed by atoms with van der Waals surface area (Å²) in [6, 6.07) is 19.8. The molecular weight excluding hydrogens is 390 g/mol. The molecule has 0 unspecified atom stereocenters. The molecule has 0 aliphatic carbocycles. The van der Waals surface area contributed by atoms with Gasteiger partial charge in [0, 0.05) is 18.4 Å². The second-order valence-corrected chi connectivity index (χ2v) is 6.47. The van der Waals surface area contributed by atoms with E-state index in [2.05, 4.69) is 10.1 Å². The first-order valence-corrected chi connectivity index (χ1v) is 9.23. The van der Waals surface area contributed by atoms with E-state index in [4.69, 9.17) is 9.26 Å². The van der Waals surface area contributed by atoms with Crippen LogP contribution in [0.1, 0.15) is 22.7 Å². The van der Waals surface area contributed by atoms with E-state index in [-0.39, 0.29) is 18.7 Å². The lowest BCUT2D eigenvalue weighted by molar-refractivity contribution is 0.0971. The second kappa shape index (κ2) is 8.65. The molecule has 0 radical (unpaired) electrons. The lowest BCUT2D eigenvalue weighted by atomic mass is 10.1. The van der Waals surface area contributed by atoms with E-state index in [0.717, 1.165) is 12.1 Å². The highest BCUT2D eigenvalue weighted by atomic mass is 19.1. The van der Waals surface area contributed by atoms with Crippen molar-refractivity contribution in [2.24, 2.45) is 0 Å². The molecule has 150 valence electrons. The highest BCUT2D eigenvalue weighted by Crippen LogP contribution is 2.26. The molecule has 30 heavy (non-hydrogen) atoms. The van der Waals surface area contributed by atoms with Crippen molar-refractivity contribution in [3.8, 4) is 22.9 Å². The molecule has 0 bridgehead atoms. The number of aromatic nitrogens is 2. The highest BCUT2D eigenvalue weighted by molar-refractivity contribution is 5.96. The first-order valence-electron chi connectivity index (χ1n) is 9.23. The molecule has 1 aromatic heterocycles. The van der Waals surface area contributed by atoms with Gasteiger partial charge in [-0.05, 0) is 36.4 Å². The van der Waals surface area contributed by atoms with Crippen molar-refractivity contribution in [3.05, 3.63) is 95.9 Å². The number of rotatable bonds is 7. The Kier molecular flexibility index (Phi) is 5.61. The minimum Gasteiger partial charge on any atom is -0.457 e. The number of hydrogen-bond donors (Lipinski definition) is 0. The maximum atomic E-state index is 13.7. The number of ketones is 1. The van der Waals surface area contributed by atoms with Crippen molar-refractivity contribution in [2.75, 3.05) is 0 Å². The van der Waals surface area contributed by atoms with Gasteiger partial charge in [-0.1, -0.05) is 41.6 Å². The van der Waals surface area contributed by atoms with E-state index in [0.29, 0.717) is 22.9 Å². The van der Waals surface area contributed by atoms with E-state index in [9.17, 15) is 13.6 Å². The monoisotopic (exact) mass is 406 g/mol. The second-order valence-electron chi connectivity index (χ2n) is 6.47. The summed E-state index contributed by atoms with van der Waals surface area (Å²) in [5.41, 5.74) is 0.118. The van der Waals surface area contributed by atoms with Crippen LogP contribution in [0.4, 0.5) is 8.78 Å². The van der Waals surface area contributed by atoms with Gasteiger partial charge in [0.2, 0.25) is 11.7 Å². The van der Waals surface area contributed by atoms with Crippen LogP contribution in [0.3, 0.4) is 0 Å². The highest BCUT2D eigenvalue weighted by Gasteiger charge is 2.18. The molecule has 0 saturated carbocycles. The fourth-order valence-electron chi connectivity index (χ4n) is 2.91. The topological polar surface area (TPSA) is 65.2 Å². The Bertz CT molecular complexity index is 1160. The summed E-state index contributed by atoms with van der Waals surface area (Å²) >= 11 is 0. The number of nitrogens with zero attached hydrogens (tertiary/aromatic N) is 2. The average Bonchev–Trinajstić information content (AvgIpc) is 3.22. The number of carbonyl (C=O) groups is 1. The zero-order valence-electron chi connectivity index (χ0n) is 15.7. The first-order chi connectivity index (χ1) is 14.6. The Hall–Kier alpha value is -3.87. The summed E-state index contributed by atoms with van der Waals surface area (Å²) < 4.78 is 38.4. The van der Waals surface area contributed by atoms with Gasteiger partial charge in [-0.3, -0.25) is 4.79 Å². The predicted octanol–water partition coefficient (Wildman–Crippen LogP) is 5.62. The molecule has 0 aliphatic rings. The number of halogens is 2. The molecule has 0 aliphatic heterocycles. The first kappa shape index (κ1) is 19.4. The molecule has 4 aromatic rings. The molecule has 4 rings (SSSR count). The Morgan fingerprint density at radius 2 is 1.60 bits per heavy atom. The third-order valence-corrected chi connectivity index (χ3v) is 4.35. The quantitative estimate of drug-likeness (QED) is 0.373. The molecule has 0 fully saturated rings. The zero-order chi connectivity index (χ0) is 20.9. The number of para-hydroxylation sites is 1. The van der Waals surface area contributed by atoms with Crippen LogP contribution in [0.25, 0.3) is 11.4 Å². The number of Topliss-reactive ketones (excluding diaryl/α,β-unsaturated/α-hetero) is 1. The minimum atomic E-state index is -0.888. The molecule has 5 nitrogen and oxygen atoms in total. The Morgan fingerprint density at radius 3 is 2.37 bits per heavy atom. The van der Waals surface area contributed by atoms with Gasteiger partial charge in [-0.2, -0.15) is 4.98 Å². The van der Waals surface area contributed by atoms with Crippen LogP contribution < -0.4 is 4.74 Å². The van der Waals surface area contributed by atoms with E-state index < -0.39 is 23.0 Å². The Labute approximate surface area is 170 Å². The number of ether oxygens (including phenoxy) is 1. The molecule has 0 spiro atoms. The molecule has 0 saturated heterocycles. The van der Waals surface area contributed by atoms with Gasteiger partial charge >= 0.3 is 0 Å². The molecule has 3 aromatic carbocycles. The smallest absolute Gasteiger partial charge is 0.227 e. The van der Waals surface area contributed by atoms with Crippen molar-refractivity contribution in [1.29, 1.82) is 0 Å². The summed E-state index contributed by atoms with van der Waals surface area (Å²) in [6.07, 6.45) is -0.0868. The van der Waals surface area contributed by atoms with Crippen molar-refractivity contribution in [1.82, 2.24) is 10.1 Å². The van der Waals surface area contributed by atoms with Crippen molar-refractivity contribution in [2.45, 2.75) is 12.8 Å². The standard InChI is InChI=1S/C23H16F2N2O3/c24-18-10-5-11-19(25)22(18)20(28)12-13-21-26-23(27-30-21)15-6-4-9-17(14-15)29-16-7-2-1-3-8-16/h1-11,14H,12-13H2. The maximum absolute atomic E-state index is 13.7. The van der Waals surface area contributed by atoms with Gasteiger partial charge in [0.05, 0.1) is 5.56 Å². The number of aryl methyl sites for hydroxylation is 1. The fourth-order valence-corrected chi connectivity index (χ4v) is 2.91. The zero-order valence-corrected chi connectivity index (χ0v) is 15.7. The summed E-state index contributed by atoms with van der Waals surface area (Å²) in [4.78, 5) is 16.4. The van der Waals surface area contributed by atoms with Crippen LogP contribution >= 0.6 is 0 Å².